The van der Waals surface area contributed by atoms with Gasteiger partial charge in [-0.3, -0.25) is 0 Å². The van der Waals surface area contributed by atoms with Crippen molar-refractivity contribution in [2.24, 2.45) is 0 Å². The van der Waals surface area contributed by atoms with Crippen LogP contribution in [0.4, 0.5) is 11.5 Å². The lowest BCUT2D eigenvalue weighted by Crippen LogP contribution is -2.18. The van der Waals surface area contributed by atoms with Gasteiger partial charge in [-0.2, -0.15) is 0 Å². The Bertz CT molecular complexity index is 607. The Morgan fingerprint density at radius 2 is 1.86 bits per heavy atom. The minimum atomic E-state index is 0.581. The van der Waals surface area contributed by atoms with Crippen molar-refractivity contribution in [3.05, 3.63) is 52.1 Å². The number of nitrogens with zero attached hydrogens (tertiary/aromatic N) is 2. The number of pyridine rings is 1. The Morgan fingerprint density at radius 1 is 1.05 bits per heavy atom. The lowest BCUT2D eigenvalue weighted by molar-refractivity contribution is 0.937. The van der Waals surface area contributed by atoms with E-state index < -0.39 is 0 Å². The molecule has 1 aromatic carbocycles. The van der Waals surface area contributed by atoms with E-state index in [9.17, 15) is 0 Å². The summed E-state index contributed by atoms with van der Waals surface area (Å²) in [4.78, 5) is 6.84. The van der Waals surface area contributed by atoms with Crippen molar-refractivity contribution in [1.82, 2.24) is 4.98 Å². The topological polar surface area (TPSA) is 28.2 Å². The molecule has 1 aliphatic rings. The number of anilines is 2. The van der Waals surface area contributed by atoms with Gasteiger partial charge in [-0.1, -0.05) is 29.3 Å². The Morgan fingerprint density at radius 3 is 2.52 bits per heavy atom. The lowest BCUT2D eigenvalue weighted by Gasteiger charge is -2.16. The monoisotopic (exact) mass is 321 g/mol. The molecule has 1 aromatic heterocycles. The van der Waals surface area contributed by atoms with Crippen molar-refractivity contribution in [3.63, 3.8) is 0 Å². The van der Waals surface area contributed by atoms with Gasteiger partial charge in [0.1, 0.15) is 5.82 Å². The highest BCUT2D eigenvalue weighted by Crippen LogP contribution is 2.23. The molecular weight excluding hydrogens is 305 g/mol. The van der Waals surface area contributed by atoms with E-state index >= 15 is 0 Å². The molecule has 1 fully saturated rings. The molecule has 1 saturated heterocycles. The molecule has 5 heteroatoms. The van der Waals surface area contributed by atoms with E-state index in [1.165, 1.54) is 12.8 Å². The third-order valence-electron chi connectivity index (χ3n) is 3.66. The van der Waals surface area contributed by atoms with E-state index in [1.54, 1.807) is 0 Å². The van der Waals surface area contributed by atoms with Gasteiger partial charge in [0.25, 0.3) is 0 Å². The molecule has 0 bridgehead atoms. The highest BCUT2D eigenvalue weighted by atomic mass is 35.5. The first kappa shape index (κ1) is 14.5. The van der Waals surface area contributed by atoms with Crippen LogP contribution >= 0.6 is 23.2 Å². The van der Waals surface area contributed by atoms with Gasteiger partial charge in [0.15, 0.2) is 0 Å². The van der Waals surface area contributed by atoms with Gasteiger partial charge in [0.05, 0.1) is 21.9 Å². The van der Waals surface area contributed by atoms with Crippen LogP contribution in [0.3, 0.4) is 0 Å². The molecule has 0 amide bonds. The Balaban J connectivity index is 1.61. The van der Waals surface area contributed by atoms with E-state index in [4.69, 9.17) is 23.2 Å². The standard InChI is InChI=1S/C16H17Cl2N3/c17-14-5-3-12(9-15(14)18)10-19-13-4-6-16(20-11-13)21-7-1-2-8-21/h3-6,9,11,19H,1-2,7-8,10H2. The molecule has 3 rings (SSSR count). The highest BCUT2D eigenvalue weighted by Gasteiger charge is 2.12. The summed E-state index contributed by atoms with van der Waals surface area (Å²) in [6, 6.07) is 9.80. The van der Waals surface area contributed by atoms with Crippen molar-refractivity contribution >= 4 is 34.7 Å². The molecular formula is C16H17Cl2N3. The fourth-order valence-corrected chi connectivity index (χ4v) is 2.80. The van der Waals surface area contributed by atoms with Crippen LogP contribution in [0.1, 0.15) is 18.4 Å². The molecule has 110 valence electrons. The molecule has 2 aromatic rings. The summed E-state index contributed by atoms with van der Waals surface area (Å²) >= 11 is 11.9. The van der Waals surface area contributed by atoms with E-state index in [-0.39, 0.29) is 0 Å². The number of rotatable bonds is 4. The number of nitrogens with one attached hydrogen (secondary N) is 1. The number of halogens is 2. The third kappa shape index (κ3) is 3.60. The molecule has 1 N–H and O–H groups in total. The molecule has 0 aliphatic carbocycles. The highest BCUT2D eigenvalue weighted by molar-refractivity contribution is 6.42. The summed E-state index contributed by atoms with van der Waals surface area (Å²) in [5.74, 6) is 1.06. The van der Waals surface area contributed by atoms with Gasteiger partial charge in [-0.15, -0.1) is 0 Å². The van der Waals surface area contributed by atoms with Crippen molar-refractivity contribution < 1.29 is 0 Å². The minimum Gasteiger partial charge on any atom is -0.380 e. The predicted octanol–water partition coefficient (Wildman–Crippen LogP) is 4.60. The SMILES string of the molecule is Clc1ccc(CNc2ccc(N3CCCC3)nc2)cc1Cl. The number of hydrogen-bond acceptors (Lipinski definition) is 3. The molecule has 21 heavy (non-hydrogen) atoms. The van der Waals surface area contributed by atoms with Gasteiger partial charge in [0, 0.05) is 19.6 Å². The van der Waals surface area contributed by atoms with Crippen LogP contribution < -0.4 is 10.2 Å². The smallest absolute Gasteiger partial charge is 0.128 e. The Labute approximate surface area is 134 Å². The van der Waals surface area contributed by atoms with Crippen molar-refractivity contribution in [1.29, 1.82) is 0 Å². The van der Waals surface area contributed by atoms with Gasteiger partial charge in [-0.25, -0.2) is 4.98 Å². The maximum atomic E-state index is 6.01. The summed E-state index contributed by atoms with van der Waals surface area (Å²) < 4.78 is 0. The van der Waals surface area contributed by atoms with E-state index in [1.807, 2.05) is 24.4 Å². The summed E-state index contributed by atoms with van der Waals surface area (Å²) in [7, 11) is 0. The largest absolute Gasteiger partial charge is 0.380 e. The van der Waals surface area contributed by atoms with Gasteiger partial charge < -0.3 is 10.2 Å². The summed E-state index contributed by atoms with van der Waals surface area (Å²) in [6.07, 6.45) is 4.41. The first-order chi connectivity index (χ1) is 10.2. The second kappa shape index (κ2) is 6.54. The number of benzene rings is 1. The molecule has 0 unspecified atom stereocenters. The Hall–Kier alpha value is -1.45. The lowest BCUT2D eigenvalue weighted by atomic mass is 10.2. The predicted molar refractivity (Wildman–Crippen MR) is 89.5 cm³/mol. The second-order valence-electron chi connectivity index (χ2n) is 5.20. The number of hydrogen-bond donors (Lipinski definition) is 1. The molecule has 1 aliphatic heterocycles. The molecule has 0 atom stereocenters. The summed E-state index contributed by atoms with van der Waals surface area (Å²) in [5, 5.41) is 4.51. The summed E-state index contributed by atoms with van der Waals surface area (Å²) in [6.45, 7) is 2.92. The zero-order chi connectivity index (χ0) is 14.7. The van der Waals surface area contributed by atoms with Crippen LogP contribution in [0.25, 0.3) is 0 Å². The average Bonchev–Trinajstić information content (AvgIpc) is 3.03. The minimum absolute atomic E-state index is 0.581. The zero-order valence-corrected chi connectivity index (χ0v) is 13.2. The van der Waals surface area contributed by atoms with Crippen molar-refractivity contribution in [2.75, 3.05) is 23.3 Å². The van der Waals surface area contributed by atoms with Crippen LogP contribution in [-0.4, -0.2) is 18.1 Å². The normalized spacial score (nSPS) is 14.5. The first-order valence-corrected chi connectivity index (χ1v) is 7.87. The summed E-state index contributed by atoms with van der Waals surface area (Å²) in [5.41, 5.74) is 2.09. The van der Waals surface area contributed by atoms with Crippen LogP contribution in [0.5, 0.6) is 0 Å². The Kier molecular flexibility index (Phi) is 4.51. The van der Waals surface area contributed by atoms with E-state index in [0.717, 1.165) is 30.2 Å². The quantitative estimate of drug-likeness (QED) is 0.891. The maximum absolute atomic E-state index is 6.01. The average molecular weight is 322 g/mol. The fraction of sp³-hybridized carbons (Fsp3) is 0.312. The molecule has 2 heterocycles. The zero-order valence-electron chi connectivity index (χ0n) is 11.6. The third-order valence-corrected chi connectivity index (χ3v) is 4.40. The molecule has 0 spiro atoms. The maximum Gasteiger partial charge on any atom is 0.128 e. The number of aromatic nitrogens is 1. The van der Waals surface area contributed by atoms with E-state index in [0.29, 0.717) is 16.6 Å². The van der Waals surface area contributed by atoms with Gasteiger partial charge in [-0.05, 0) is 42.7 Å². The van der Waals surface area contributed by atoms with Crippen LogP contribution in [0, 0.1) is 0 Å². The van der Waals surface area contributed by atoms with E-state index in [2.05, 4.69) is 27.3 Å². The van der Waals surface area contributed by atoms with Crippen LogP contribution in [0.15, 0.2) is 36.5 Å². The molecule has 3 nitrogen and oxygen atoms in total. The fourth-order valence-electron chi connectivity index (χ4n) is 2.48. The molecule has 0 saturated carbocycles. The second-order valence-corrected chi connectivity index (χ2v) is 6.02. The van der Waals surface area contributed by atoms with Gasteiger partial charge in [0.2, 0.25) is 0 Å². The molecule has 0 radical (unpaired) electrons. The van der Waals surface area contributed by atoms with Gasteiger partial charge >= 0.3 is 0 Å². The van der Waals surface area contributed by atoms with Crippen molar-refractivity contribution in [2.45, 2.75) is 19.4 Å². The first-order valence-electron chi connectivity index (χ1n) is 7.11. The van der Waals surface area contributed by atoms with Crippen molar-refractivity contribution in [3.8, 4) is 0 Å². The van der Waals surface area contributed by atoms with Crippen LogP contribution in [0.2, 0.25) is 10.0 Å². The van der Waals surface area contributed by atoms with Crippen LogP contribution in [-0.2, 0) is 6.54 Å².